The first-order chi connectivity index (χ1) is 8.86. The lowest BCUT2D eigenvalue weighted by Crippen LogP contribution is -2.26. The van der Waals surface area contributed by atoms with Gasteiger partial charge < -0.3 is 10.2 Å². The molecule has 1 aliphatic heterocycles. The maximum atomic E-state index is 11.7. The van der Waals surface area contributed by atoms with E-state index in [1.807, 2.05) is 30.3 Å². The number of rotatable bonds is 6. The molecule has 1 heterocycles. The zero-order valence-corrected chi connectivity index (χ0v) is 12.1. The summed E-state index contributed by atoms with van der Waals surface area (Å²) in [6.45, 7) is 4.48. The summed E-state index contributed by atoms with van der Waals surface area (Å²) in [5.41, 5.74) is 0.747. The molecule has 1 aromatic carbocycles. The molecule has 106 valence electrons. The molecule has 3 nitrogen and oxygen atoms in total. The number of nitrogens with one attached hydrogen (secondary N) is 1. The van der Waals surface area contributed by atoms with Crippen LogP contribution in [-0.2, 0) is 0 Å². The van der Waals surface area contributed by atoms with Crippen molar-refractivity contribution < 1.29 is 4.79 Å². The van der Waals surface area contributed by atoms with Gasteiger partial charge >= 0.3 is 0 Å². The number of hydrogen-bond acceptors (Lipinski definition) is 2. The van der Waals surface area contributed by atoms with Crippen molar-refractivity contribution in [3.05, 3.63) is 35.9 Å². The van der Waals surface area contributed by atoms with Crippen molar-refractivity contribution in [1.82, 2.24) is 10.2 Å². The van der Waals surface area contributed by atoms with Crippen molar-refractivity contribution in [2.45, 2.75) is 25.7 Å². The smallest absolute Gasteiger partial charge is 0.251 e. The minimum atomic E-state index is 0. The molecule has 1 aliphatic rings. The molecule has 0 bridgehead atoms. The molecule has 0 aromatic heterocycles. The van der Waals surface area contributed by atoms with Gasteiger partial charge in [0.15, 0.2) is 0 Å². The van der Waals surface area contributed by atoms with Gasteiger partial charge in [-0.2, -0.15) is 0 Å². The van der Waals surface area contributed by atoms with Crippen LogP contribution < -0.4 is 5.32 Å². The van der Waals surface area contributed by atoms with E-state index >= 15 is 0 Å². The van der Waals surface area contributed by atoms with E-state index in [0.29, 0.717) is 0 Å². The Labute approximate surface area is 121 Å². The zero-order chi connectivity index (χ0) is 12.6. The second-order valence-electron chi connectivity index (χ2n) is 4.88. The van der Waals surface area contributed by atoms with Gasteiger partial charge in [0.25, 0.3) is 5.91 Å². The first-order valence-corrected chi connectivity index (χ1v) is 6.92. The van der Waals surface area contributed by atoms with Gasteiger partial charge in [0.1, 0.15) is 0 Å². The Morgan fingerprint density at radius 3 is 2.47 bits per heavy atom. The molecule has 1 N–H and O–H groups in total. The van der Waals surface area contributed by atoms with Gasteiger partial charge in [0.2, 0.25) is 0 Å². The molecule has 1 aromatic rings. The standard InChI is InChI=1S/C15H22N2O.ClH/c18-15(14-8-2-1-3-9-14)16-10-4-5-11-17-12-6-7-13-17;/h1-3,8-9H,4-7,10-13H2,(H,16,18);1H. The fraction of sp³-hybridized carbons (Fsp3) is 0.533. The van der Waals surface area contributed by atoms with E-state index in [1.165, 1.54) is 38.9 Å². The van der Waals surface area contributed by atoms with E-state index in [1.54, 1.807) is 0 Å². The Kier molecular flexibility index (Phi) is 7.53. The molecule has 0 aliphatic carbocycles. The molecule has 0 atom stereocenters. The van der Waals surface area contributed by atoms with Crippen LogP contribution in [0.1, 0.15) is 36.0 Å². The van der Waals surface area contributed by atoms with Gasteiger partial charge in [-0.1, -0.05) is 18.2 Å². The van der Waals surface area contributed by atoms with Crippen LogP contribution in [0.15, 0.2) is 30.3 Å². The molecular weight excluding hydrogens is 260 g/mol. The number of benzene rings is 1. The Bertz CT molecular complexity index is 364. The minimum Gasteiger partial charge on any atom is -0.352 e. The number of carbonyl (C=O) groups is 1. The lowest BCUT2D eigenvalue weighted by Gasteiger charge is -2.13. The second-order valence-corrected chi connectivity index (χ2v) is 4.88. The average Bonchev–Trinajstić information content (AvgIpc) is 2.92. The summed E-state index contributed by atoms with van der Waals surface area (Å²) in [7, 11) is 0. The number of carbonyl (C=O) groups excluding carboxylic acids is 1. The summed E-state index contributed by atoms with van der Waals surface area (Å²) in [5, 5.41) is 2.97. The quantitative estimate of drug-likeness (QED) is 0.814. The lowest BCUT2D eigenvalue weighted by atomic mass is 10.2. The molecule has 1 saturated heterocycles. The highest BCUT2D eigenvalue weighted by atomic mass is 35.5. The number of amides is 1. The largest absolute Gasteiger partial charge is 0.352 e. The van der Waals surface area contributed by atoms with Crippen LogP contribution in [0.5, 0.6) is 0 Å². The number of likely N-dealkylation sites (tertiary alicyclic amines) is 1. The Morgan fingerprint density at radius 1 is 1.11 bits per heavy atom. The second kappa shape index (κ2) is 8.94. The van der Waals surface area contributed by atoms with E-state index in [4.69, 9.17) is 0 Å². The fourth-order valence-corrected chi connectivity index (χ4v) is 2.36. The van der Waals surface area contributed by atoms with Crippen LogP contribution in [0.3, 0.4) is 0 Å². The highest BCUT2D eigenvalue weighted by Crippen LogP contribution is 2.08. The first-order valence-electron chi connectivity index (χ1n) is 6.92. The fourth-order valence-electron chi connectivity index (χ4n) is 2.36. The van der Waals surface area contributed by atoms with Crippen LogP contribution in [0.25, 0.3) is 0 Å². The maximum absolute atomic E-state index is 11.7. The summed E-state index contributed by atoms with van der Waals surface area (Å²) in [6.07, 6.45) is 4.94. The van der Waals surface area contributed by atoms with Gasteiger partial charge in [0.05, 0.1) is 0 Å². The number of nitrogens with zero attached hydrogens (tertiary/aromatic N) is 1. The third-order valence-corrected chi connectivity index (χ3v) is 3.42. The molecule has 1 fully saturated rings. The predicted octanol–water partition coefficient (Wildman–Crippen LogP) is 2.71. The summed E-state index contributed by atoms with van der Waals surface area (Å²) >= 11 is 0. The van der Waals surface area contributed by atoms with Gasteiger partial charge in [-0.25, -0.2) is 0 Å². The number of unbranched alkanes of at least 4 members (excludes halogenated alkanes) is 1. The first kappa shape index (κ1) is 16.0. The van der Waals surface area contributed by atoms with Crippen LogP contribution in [0.2, 0.25) is 0 Å². The van der Waals surface area contributed by atoms with E-state index in [0.717, 1.165) is 18.5 Å². The lowest BCUT2D eigenvalue weighted by molar-refractivity contribution is 0.0952. The normalized spacial score (nSPS) is 14.9. The van der Waals surface area contributed by atoms with Crippen molar-refractivity contribution >= 4 is 18.3 Å². The minimum absolute atomic E-state index is 0. The number of hydrogen-bond donors (Lipinski definition) is 1. The Balaban J connectivity index is 0.00000180. The molecule has 1 amide bonds. The highest BCUT2D eigenvalue weighted by Gasteiger charge is 2.10. The SMILES string of the molecule is Cl.O=C(NCCCCN1CCCC1)c1ccccc1. The molecule has 0 spiro atoms. The van der Waals surface area contributed by atoms with Gasteiger partial charge in [-0.3, -0.25) is 4.79 Å². The highest BCUT2D eigenvalue weighted by molar-refractivity contribution is 5.94. The van der Waals surface area contributed by atoms with Crippen LogP contribution in [0, 0.1) is 0 Å². The van der Waals surface area contributed by atoms with Crippen molar-refractivity contribution in [3.63, 3.8) is 0 Å². The molecular formula is C15H23ClN2O. The van der Waals surface area contributed by atoms with Crippen molar-refractivity contribution in [2.75, 3.05) is 26.2 Å². The summed E-state index contributed by atoms with van der Waals surface area (Å²) in [6, 6.07) is 9.40. The van der Waals surface area contributed by atoms with E-state index in [-0.39, 0.29) is 18.3 Å². The average molecular weight is 283 g/mol. The summed E-state index contributed by atoms with van der Waals surface area (Å²) in [5.74, 6) is 0.0387. The van der Waals surface area contributed by atoms with Gasteiger partial charge in [0, 0.05) is 12.1 Å². The maximum Gasteiger partial charge on any atom is 0.251 e. The molecule has 2 rings (SSSR count). The topological polar surface area (TPSA) is 32.3 Å². The summed E-state index contributed by atoms with van der Waals surface area (Å²) in [4.78, 5) is 14.3. The zero-order valence-electron chi connectivity index (χ0n) is 11.3. The van der Waals surface area contributed by atoms with Gasteiger partial charge in [-0.15, -0.1) is 12.4 Å². The molecule has 0 radical (unpaired) electrons. The van der Waals surface area contributed by atoms with Crippen molar-refractivity contribution in [1.29, 1.82) is 0 Å². The van der Waals surface area contributed by atoms with Crippen molar-refractivity contribution in [3.8, 4) is 0 Å². The third-order valence-electron chi connectivity index (χ3n) is 3.42. The van der Waals surface area contributed by atoms with Crippen molar-refractivity contribution in [2.24, 2.45) is 0 Å². The Hall–Kier alpha value is -1.06. The third kappa shape index (κ3) is 5.62. The molecule has 0 unspecified atom stereocenters. The van der Waals surface area contributed by atoms with E-state index in [9.17, 15) is 4.79 Å². The van der Waals surface area contributed by atoms with Gasteiger partial charge in [-0.05, 0) is 57.5 Å². The Morgan fingerprint density at radius 2 is 1.79 bits per heavy atom. The van der Waals surface area contributed by atoms with E-state index in [2.05, 4.69) is 10.2 Å². The summed E-state index contributed by atoms with van der Waals surface area (Å²) < 4.78 is 0. The monoisotopic (exact) mass is 282 g/mol. The van der Waals surface area contributed by atoms with Crippen LogP contribution >= 0.6 is 12.4 Å². The van der Waals surface area contributed by atoms with Crippen LogP contribution in [-0.4, -0.2) is 37.0 Å². The predicted molar refractivity (Wildman–Crippen MR) is 80.9 cm³/mol. The van der Waals surface area contributed by atoms with E-state index < -0.39 is 0 Å². The number of halogens is 1. The molecule has 0 saturated carbocycles. The van der Waals surface area contributed by atoms with Crippen LogP contribution in [0.4, 0.5) is 0 Å². The molecule has 19 heavy (non-hydrogen) atoms. The molecule has 4 heteroatoms.